The first kappa shape index (κ1) is 13.7. The fraction of sp³-hybridized carbons (Fsp3) is 0.467. The van der Waals surface area contributed by atoms with Gasteiger partial charge in [-0.3, -0.25) is 9.67 Å². The van der Waals surface area contributed by atoms with Crippen LogP contribution in [0.25, 0.3) is 0 Å². The molecule has 19 heavy (non-hydrogen) atoms. The monoisotopic (exact) mass is 258 g/mol. The smallest absolute Gasteiger partial charge is 0.0596 e. The van der Waals surface area contributed by atoms with Crippen molar-refractivity contribution in [3.63, 3.8) is 0 Å². The van der Waals surface area contributed by atoms with E-state index >= 15 is 0 Å². The van der Waals surface area contributed by atoms with E-state index in [9.17, 15) is 0 Å². The molecule has 0 aromatic carbocycles. The number of hydrogen-bond donors (Lipinski definition) is 1. The first-order chi connectivity index (χ1) is 9.13. The minimum Gasteiger partial charge on any atom is -0.311 e. The molecule has 0 spiro atoms. The van der Waals surface area contributed by atoms with Crippen molar-refractivity contribution in [3.8, 4) is 0 Å². The molecule has 0 amide bonds. The fourth-order valence-corrected chi connectivity index (χ4v) is 2.35. The summed E-state index contributed by atoms with van der Waals surface area (Å²) in [6.07, 6.45) is 2.78. The number of aromatic nitrogens is 3. The van der Waals surface area contributed by atoms with E-state index in [0.29, 0.717) is 0 Å². The molecule has 1 N–H and O–H groups in total. The summed E-state index contributed by atoms with van der Waals surface area (Å²) < 4.78 is 2.06. The van der Waals surface area contributed by atoms with Gasteiger partial charge in [0, 0.05) is 24.9 Å². The molecule has 2 rings (SSSR count). The van der Waals surface area contributed by atoms with Crippen molar-refractivity contribution in [2.75, 3.05) is 7.05 Å². The van der Waals surface area contributed by atoms with Crippen LogP contribution < -0.4 is 5.32 Å². The Bertz CT molecular complexity index is 545. The molecule has 0 aliphatic heterocycles. The van der Waals surface area contributed by atoms with Crippen molar-refractivity contribution in [1.82, 2.24) is 20.1 Å². The summed E-state index contributed by atoms with van der Waals surface area (Å²) in [5.74, 6) is 0. The Morgan fingerprint density at radius 3 is 2.74 bits per heavy atom. The topological polar surface area (TPSA) is 42.7 Å². The van der Waals surface area contributed by atoms with E-state index in [2.05, 4.69) is 46.1 Å². The highest BCUT2D eigenvalue weighted by molar-refractivity contribution is 5.20. The summed E-state index contributed by atoms with van der Waals surface area (Å²) >= 11 is 0. The Kier molecular flexibility index (Phi) is 4.32. The van der Waals surface area contributed by atoms with Crippen LogP contribution in [0.5, 0.6) is 0 Å². The van der Waals surface area contributed by atoms with Gasteiger partial charge >= 0.3 is 0 Å². The van der Waals surface area contributed by atoms with Crippen molar-refractivity contribution in [3.05, 3.63) is 47.0 Å². The number of likely N-dealkylation sites (N-methyl/N-ethyl adjacent to an activating group) is 1. The fourth-order valence-electron chi connectivity index (χ4n) is 2.35. The maximum absolute atomic E-state index is 4.50. The molecule has 0 aliphatic carbocycles. The van der Waals surface area contributed by atoms with E-state index in [1.807, 2.05) is 26.2 Å². The lowest BCUT2D eigenvalue weighted by Gasteiger charge is -2.16. The minimum absolute atomic E-state index is 0.223. The lowest BCUT2D eigenvalue weighted by molar-refractivity contribution is 0.531. The zero-order valence-electron chi connectivity index (χ0n) is 12.1. The lowest BCUT2D eigenvalue weighted by atomic mass is 10.1. The average molecular weight is 258 g/mol. The number of pyridine rings is 1. The van der Waals surface area contributed by atoms with Crippen LogP contribution in [0.2, 0.25) is 0 Å². The van der Waals surface area contributed by atoms with Crippen molar-refractivity contribution < 1.29 is 0 Å². The highest BCUT2D eigenvalue weighted by Gasteiger charge is 2.15. The van der Waals surface area contributed by atoms with Crippen molar-refractivity contribution in [1.29, 1.82) is 0 Å². The molecule has 1 atom stereocenters. The summed E-state index contributed by atoms with van der Waals surface area (Å²) in [5, 5.41) is 7.85. The van der Waals surface area contributed by atoms with Gasteiger partial charge in [-0.05, 0) is 51.6 Å². The number of aryl methyl sites for hydroxylation is 3. The van der Waals surface area contributed by atoms with E-state index < -0.39 is 0 Å². The molecule has 0 bridgehead atoms. The standard InChI is InChI=1S/C15H22N4/c1-5-19-13(9-12(3)18-19)10-14(16-4)15-8-11(2)6-7-17-15/h6-9,14,16H,5,10H2,1-4H3. The molecule has 2 heterocycles. The summed E-state index contributed by atoms with van der Waals surface area (Å²) in [6, 6.07) is 6.54. The first-order valence-corrected chi connectivity index (χ1v) is 6.77. The van der Waals surface area contributed by atoms with Crippen LogP contribution >= 0.6 is 0 Å². The van der Waals surface area contributed by atoms with Crippen molar-refractivity contribution in [2.45, 2.75) is 39.8 Å². The van der Waals surface area contributed by atoms with Gasteiger partial charge in [-0.15, -0.1) is 0 Å². The lowest BCUT2D eigenvalue weighted by Crippen LogP contribution is -2.21. The Hall–Kier alpha value is -1.68. The maximum Gasteiger partial charge on any atom is 0.0596 e. The zero-order chi connectivity index (χ0) is 13.8. The third-order valence-electron chi connectivity index (χ3n) is 3.34. The number of rotatable bonds is 5. The zero-order valence-corrected chi connectivity index (χ0v) is 12.1. The average Bonchev–Trinajstić information content (AvgIpc) is 2.76. The van der Waals surface area contributed by atoms with Gasteiger partial charge in [-0.25, -0.2) is 0 Å². The largest absolute Gasteiger partial charge is 0.311 e. The predicted octanol–water partition coefficient (Wildman–Crippen LogP) is 2.42. The molecule has 0 aliphatic rings. The number of nitrogens with one attached hydrogen (secondary N) is 1. The first-order valence-electron chi connectivity index (χ1n) is 6.77. The molecule has 0 fully saturated rings. The molecule has 2 aromatic heterocycles. The van der Waals surface area contributed by atoms with Crippen LogP contribution in [0.1, 0.15) is 35.6 Å². The van der Waals surface area contributed by atoms with Crippen molar-refractivity contribution >= 4 is 0 Å². The van der Waals surface area contributed by atoms with E-state index in [1.165, 1.54) is 11.3 Å². The third kappa shape index (κ3) is 3.20. The van der Waals surface area contributed by atoms with Gasteiger partial charge in [0.15, 0.2) is 0 Å². The second kappa shape index (κ2) is 5.97. The Balaban J connectivity index is 2.23. The number of nitrogens with zero attached hydrogens (tertiary/aromatic N) is 3. The normalized spacial score (nSPS) is 12.6. The van der Waals surface area contributed by atoms with Crippen LogP contribution in [0, 0.1) is 13.8 Å². The van der Waals surface area contributed by atoms with Crippen LogP contribution in [-0.2, 0) is 13.0 Å². The van der Waals surface area contributed by atoms with Gasteiger partial charge in [0.25, 0.3) is 0 Å². The van der Waals surface area contributed by atoms with E-state index in [4.69, 9.17) is 0 Å². The second-order valence-corrected chi connectivity index (χ2v) is 4.90. The SMILES string of the molecule is CCn1nc(C)cc1CC(NC)c1cc(C)ccn1. The highest BCUT2D eigenvalue weighted by Crippen LogP contribution is 2.18. The van der Waals surface area contributed by atoms with E-state index in [0.717, 1.165) is 24.4 Å². The molecule has 4 heteroatoms. The molecule has 4 nitrogen and oxygen atoms in total. The van der Waals surface area contributed by atoms with E-state index in [-0.39, 0.29) is 6.04 Å². The third-order valence-corrected chi connectivity index (χ3v) is 3.34. The van der Waals surface area contributed by atoms with Gasteiger partial charge < -0.3 is 5.32 Å². The maximum atomic E-state index is 4.50. The number of hydrogen-bond acceptors (Lipinski definition) is 3. The minimum atomic E-state index is 0.223. The van der Waals surface area contributed by atoms with Gasteiger partial charge in [0.1, 0.15) is 0 Å². The molecule has 102 valence electrons. The summed E-state index contributed by atoms with van der Waals surface area (Å²) in [5.41, 5.74) is 4.65. The molecule has 0 radical (unpaired) electrons. The highest BCUT2D eigenvalue weighted by atomic mass is 15.3. The summed E-state index contributed by atoms with van der Waals surface area (Å²) in [7, 11) is 1.98. The van der Waals surface area contributed by atoms with Gasteiger partial charge in [-0.1, -0.05) is 0 Å². The van der Waals surface area contributed by atoms with Crippen LogP contribution in [0.3, 0.4) is 0 Å². The second-order valence-electron chi connectivity index (χ2n) is 4.90. The van der Waals surface area contributed by atoms with Crippen molar-refractivity contribution in [2.24, 2.45) is 0 Å². The summed E-state index contributed by atoms with van der Waals surface area (Å²) in [6.45, 7) is 7.16. The Morgan fingerprint density at radius 1 is 1.32 bits per heavy atom. The Morgan fingerprint density at radius 2 is 2.11 bits per heavy atom. The molecule has 1 unspecified atom stereocenters. The molecular weight excluding hydrogens is 236 g/mol. The van der Waals surface area contributed by atoms with E-state index in [1.54, 1.807) is 0 Å². The predicted molar refractivity (Wildman–Crippen MR) is 77.1 cm³/mol. The summed E-state index contributed by atoms with van der Waals surface area (Å²) in [4.78, 5) is 4.48. The molecule has 0 saturated carbocycles. The quantitative estimate of drug-likeness (QED) is 0.895. The van der Waals surface area contributed by atoms with Crippen LogP contribution in [0.4, 0.5) is 0 Å². The molecule has 2 aromatic rings. The van der Waals surface area contributed by atoms with Crippen LogP contribution in [0.15, 0.2) is 24.4 Å². The molecular formula is C15H22N4. The van der Waals surface area contributed by atoms with Crippen LogP contribution in [-0.4, -0.2) is 21.8 Å². The van der Waals surface area contributed by atoms with Gasteiger partial charge in [0.05, 0.1) is 17.4 Å². The molecule has 0 saturated heterocycles. The van der Waals surface area contributed by atoms with Gasteiger partial charge in [-0.2, -0.15) is 5.10 Å². The van der Waals surface area contributed by atoms with Gasteiger partial charge in [0.2, 0.25) is 0 Å². The Labute approximate surface area is 114 Å².